The van der Waals surface area contributed by atoms with E-state index in [1.807, 2.05) is 30.3 Å². The minimum atomic E-state index is -0.549. The molecule has 1 aliphatic rings. The van der Waals surface area contributed by atoms with Gasteiger partial charge in [-0.05, 0) is 24.3 Å². The van der Waals surface area contributed by atoms with Crippen LogP contribution < -0.4 is 20.1 Å². The lowest BCUT2D eigenvalue weighted by Gasteiger charge is -2.26. The average molecular weight is 401 g/mol. The molecule has 7 nitrogen and oxygen atoms in total. The van der Waals surface area contributed by atoms with Crippen LogP contribution in [0.15, 0.2) is 72.4 Å². The first kappa shape index (κ1) is 19.2. The first-order valence-corrected chi connectivity index (χ1v) is 9.40. The molecule has 30 heavy (non-hydrogen) atoms. The van der Waals surface area contributed by atoms with Crippen molar-refractivity contribution in [2.45, 2.75) is 6.10 Å². The van der Waals surface area contributed by atoms with Crippen molar-refractivity contribution >= 4 is 22.4 Å². The second-order valence-corrected chi connectivity index (χ2v) is 6.71. The van der Waals surface area contributed by atoms with E-state index < -0.39 is 5.91 Å². The van der Waals surface area contributed by atoms with Gasteiger partial charge in [-0.15, -0.1) is 0 Å². The monoisotopic (exact) mass is 401 g/mol. The predicted octanol–water partition coefficient (Wildman–Crippen LogP) is 3.32. The third kappa shape index (κ3) is 3.98. The molecule has 0 fully saturated rings. The zero-order valence-electron chi connectivity index (χ0n) is 16.0. The molecule has 1 aliphatic heterocycles. The first-order valence-electron chi connectivity index (χ1n) is 9.40. The molecule has 4 rings (SSSR count). The van der Waals surface area contributed by atoms with Crippen molar-refractivity contribution in [2.75, 3.05) is 18.5 Å². The van der Waals surface area contributed by atoms with Crippen LogP contribution in [-0.2, 0) is 4.79 Å². The molecule has 0 bridgehead atoms. The van der Waals surface area contributed by atoms with E-state index in [-0.39, 0.29) is 17.4 Å². The van der Waals surface area contributed by atoms with E-state index >= 15 is 0 Å². The van der Waals surface area contributed by atoms with Gasteiger partial charge in [-0.1, -0.05) is 36.4 Å². The number of phenolic OH excluding ortho intramolecular Hbond substituents is 1. The molecule has 150 valence electrons. The second-order valence-electron chi connectivity index (χ2n) is 6.71. The van der Waals surface area contributed by atoms with E-state index in [1.165, 1.54) is 6.20 Å². The summed E-state index contributed by atoms with van der Waals surface area (Å²) in [6.07, 6.45) is 1.11. The molecule has 1 atom stereocenters. The Morgan fingerprint density at radius 2 is 1.87 bits per heavy atom. The number of phenols is 1. The summed E-state index contributed by atoms with van der Waals surface area (Å²) in [5, 5.41) is 26.3. The third-order valence-electron chi connectivity index (χ3n) is 4.67. The van der Waals surface area contributed by atoms with Gasteiger partial charge in [0.1, 0.15) is 30.1 Å². The van der Waals surface area contributed by atoms with Crippen LogP contribution in [-0.4, -0.2) is 30.3 Å². The van der Waals surface area contributed by atoms with Crippen LogP contribution in [0.3, 0.4) is 0 Å². The summed E-state index contributed by atoms with van der Waals surface area (Å²) >= 11 is 0. The molecule has 0 aliphatic carbocycles. The Hall–Kier alpha value is -4.18. The minimum Gasteiger partial charge on any atom is -0.507 e. The van der Waals surface area contributed by atoms with E-state index in [1.54, 1.807) is 36.4 Å². The molecule has 3 aromatic rings. The van der Waals surface area contributed by atoms with E-state index in [0.717, 1.165) is 0 Å². The number of benzene rings is 3. The van der Waals surface area contributed by atoms with Crippen LogP contribution in [0.2, 0.25) is 0 Å². The third-order valence-corrected chi connectivity index (χ3v) is 4.67. The summed E-state index contributed by atoms with van der Waals surface area (Å²) in [5.74, 6) is 0.934. The van der Waals surface area contributed by atoms with Gasteiger partial charge in [0.2, 0.25) is 0 Å². The summed E-state index contributed by atoms with van der Waals surface area (Å²) in [5.41, 5.74) is 0.430. The number of rotatable bonds is 5. The van der Waals surface area contributed by atoms with Crippen molar-refractivity contribution in [3.63, 3.8) is 0 Å². The first-order chi connectivity index (χ1) is 14.7. The number of carbonyl (C=O) groups is 1. The van der Waals surface area contributed by atoms with Crippen molar-refractivity contribution in [3.05, 3.63) is 72.4 Å². The number of fused-ring (bicyclic) bond motifs is 2. The van der Waals surface area contributed by atoms with E-state index in [2.05, 4.69) is 10.6 Å². The van der Waals surface area contributed by atoms with Crippen molar-refractivity contribution < 1.29 is 19.4 Å². The highest BCUT2D eigenvalue weighted by Crippen LogP contribution is 2.31. The highest BCUT2D eigenvalue weighted by atomic mass is 16.6. The summed E-state index contributed by atoms with van der Waals surface area (Å²) in [6.45, 7) is 0.736. The van der Waals surface area contributed by atoms with Crippen molar-refractivity contribution in [1.29, 1.82) is 5.26 Å². The molecule has 7 heteroatoms. The van der Waals surface area contributed by atoms with Gasteiger partial charge in [0.05, 0.1) is 6.54 Å². The second kappa shape index (κ2) is 8.45. The van der Waals surface area contributed by atoms with Crippen LogP contribution in [0.4, 0.5) is 5.69 Å². The summed E-state index contributed by atoms with van der Waals surface area (Å²) < 4.78 is 11.5. The number of hydrogen-bond donors (Lipinski definition) is 3. The molecule has 0 radical (unpaired) electrons. The molecule has 0 saturated carbocycles. The zero-order valence-corrected chi connectivity index (χ0v) is 16.0. The number of nitrogens with one attached hydrogen (secondary N) is 2. The number of nitriles is 1. The van der Waals surface area contributed by atoms with Crippen LogP contribution in [0.25, 0.3) is 10.8 Å². The lowest BCUT2D eigenvalue weighted by atomic mass is 10.1. The number of amides is 1. The fraction of sp³-hybridized carbons (Fsp3) is 0.130. The zero-order chi connectivity index (χ0) is 20.9. The van der Waals surface area contributed by atoms with Gasteiger partial charge in [0.25, 0.3) is 5.91 Å². The molecule has 3 aromatic carbocycles. The van der Waals surface area contributed by atoms with Gasteiger partial charge >= 0.3 is 0 Å². The molecular formula is C23H19N3O4. The molecule has 0 aromatic heterocycles. The van der Waals surface area contributed by atoms with Gasteiger partial charge in [0, 0.05) is 22.7 Å². The molecular weight excluding hydrogens is 382 g/mol. The Bertz CT molecular complexity index is 1170. The largest absolute Gasteiger partial charge is 0.507 e. The van der Waals surface area contributed by atoms with Crippen LogP contribution >= 0.6 is 0 Å². The van der Waals surface area contributed by atoms with Crippen LogP contribution in [0.5, 0.6) is 17.2 Å². The van der Waals surface area contributed by atoms with Crippen molar-refractivity contribution in [2.24, 2.45) is 0 Å². The van der Waals surface area contributed by atoms with Crippen molar-refractivity contribution in [3.8, 4) is 23.3 Å². The number of ether oxygens (including phenoxy) is 2. The standard InChI is InChI=1S/C23H19N3O4/c24-11-15(12-25-13-16-14-29-21-9-1-2-10-22(21)30-16)23(28)26-19-7-3-6-18-17(19)5-4-8-20(18)27/h1-10,12,16,25,27H,13-14H2,(H,26,28)/b15-12-. The molecule has 3 N–H and O–H groups in total. The maximum Gasteiger partial charge on any atom is 0.267 e. The highest BCUT2D eigenvalue weighted by Gasteiger charge is 2.20. The van der Waals surface area contributed by atoms with Crippen LogP contribution in [0, 0.1) is 11.3 Å². The highest BCUT2D eigenvalue weighted by molar-refractivity contribution is 6.11. The number of nitrogens with zero attached hydrogens (tertiary/aromatic N) is 1. The molecule has 0 spiro atoms. The number of carbonyl (C=O) groups excluding carboxylic acids is 1. The number of aromatic hydroxyl groups is 1. The maximum absolute atomic E-state index is 12.6. The maximum atomic E-state index is 12.6. The predicted molar refractivity (Wildman–Crippen MR) is 112 cm³/mol. The average Bonchev–Trinajstić information content (AvgIpc) is 2.77. The van der Waals surface area contributed by atoms with Gasteiger partial charge in [0.15, 0.2) is 11.5 Å². The van der Waals surface area contributed by atoms with E-state index in [0.29, 0.717) is 41.1 Å². The lowest BCUT2D eigenvalue weighted by Crippen LogP contribution is -2.37. The summed E-state index contributed by atoms with van der Waals surface area (Å²) in [4.78, 5) is 12.6. The number of anilines is 1. The Kier molecular flexibility index (Phi) is 5.39. The molecule has 1 unspecified atom stereocenters. The van der Waals surface area contributed by atoms with E-state index in [4.69, 9.17) is 9.47 Å². The van der Waals surface area contributed by atoms with E-state index in [9.17, 15) is 15.2 Å². The van der Waals surface area contributed by atoms with Gasteiger partial charge in [-0.25, -0.2) is 0 Å². The van der Waals surface area contributed by atoms with Gasteiger partial charge < -0.3 is 25.2 Å². The quantitative estimate of drug-likeness (QED) is 0.448. The van der Waals surface area contributed by atoms with Crippen molar-refractivity contribution in [1.82, 2.24) is 5.32 Å². The van der Waals surface area contributed by atoms with Gasteiger partial charge in [-0.3, -0.25) is 4.79 Å². The fourth-order valence-corrected chi connectivity index (χ4v) is 3.20. The Labute approximate surface area is 173 Å². The molecule has 1 heterocycles. The number of para-hydroxylation sites is 2. The lowest BCUT2D eigenvalue weighted by molar-refractivity contribution is -0.112. The summed E-state index contributed by atoms with van der Waals surface area (Å²) in [6, 6.07) is 19.6. The Balaban J connectivity index is 1.41. The summed E-state index contributed by atoms with van der Waals surface area (Å²) in [7, 11) is 0. The smallest absolute Gasteiger partial charge is 0.267 e. The Morgan fingerprint density at radius 3 is 2.70 bits per heavy atom. The fourth-order valence-electron chi connectivity index (χ4n) is 3.20. The Morgan fingerprint density at radius 1 is 1.10 bits per heavy atom. The SMILES string of the molecule is N#C/C(=C/NCC1COc2ccccc2O1)C(=O)Nc1cccc2c(O)cccc12. The van der Waals surface area contributed by atoms with Gasteiger partial charge in [-0.2, -0.15) is 5.26 Å². The normalized spacial score (nSPS) is 15.3. The number of hydrogen-bond acceptors (Lipinski definition) is 6. The molecule has 0 saturated heterocycles. The van der Waals surface area contributed by atoms with Crippen LogP contribution in [0.1, 0.15) is 0 Å². The topological polar surface area (TPSA) is 104 Å². The molecule has 1 amide bonds. The minimum absolute atomic E-state index is 0.0794.